The van der Waals surface area contributed by atoms with Crippen molar-refractivity contribution in [3.63, 3.8) is 0 Å². The van der Waals surface area contributed by atoms with Gasteiger partial charge in [0, 0.05) is 38.2 Å². The lowest BCUT2D eigenvalue weighted by atomic mass is 9.91. The summed E-state index contributed by atoms with van der Waals surface area (Å²) in [6.45, 7) is 9.93. The van der Waals surface area contributed by atoms with E-state index >= 15 is 0 Å². The molecule has 0 atom stereocenters. The highest BCUT2D eigenvalue weighted by Crippen LogP contribution is 2.21. The minimum Gasteiger partial charge on any atom is -0.339 e. The van der Waals surface area contributed by atoms with Crippen molar-refractivity contribution in [3.8, 4) is 0 Å². The molecular weight excluding hydrogens is 295 g/mol. The Labute approximate surface area is 137 Å². The number of hydrogen-bond acceptors (Lipinski definition) is 2. The highest BCUT2D eigenvalue weighted by Gasteiger charge is 2.27. The molecule has 0 bridgehead atoms. The van der Waals surface area contributed by atoms with E-state index in [2.05, 4.69) is 0 Å². The van der Waals surface area contributed by atoms with Crippen molar-refractivity contribution < 1.29 is 14.0 Å². The number of amides is 2. The van der Waals surface area contributed by atoms with Crippen molar-refractivity contribution in [1.29, 1.82) is 0 Å². The molecular formula is C18H25FN2O2. The van der Waals surface area contributed by atoms with Gasteiger partial charge in [0.25, 0.3) is 5.91 Å². The second-order valence-electron chi connectivity index (χ2n) is 7.37. The summed E-state index contributed by atoms with van der Waals surface area (Å²) in [6.07, 6.45) is 0.512. The zero-order chi connectivity index (χ0) is 17.2. The van der Waals surface area contributed by atoms with E-state index in [1.165, 1.54) is 12.1 Å². The maximum Gasteiger partial charge on any atom is 0.253 e. The minimum atomic E-state index is -0.306. The van der Waals surface area contributed by atoms with E-state index in [9.17, 15) is 14.0 Å². The predicted octanol–water partition coefficient (Wildman–Crippen LogP) is 2.85. The van der Waals surface area contributed by atoms with Gasteiger partial charge in [0.05, 0.1) is 0 Å². The number of rotatable bonds is 2. The summed E-state index contributed by atoms with van der Waals surface area (Å²) in [7, 11) is 0. The van der Waals surface area contributed by atoms with Crippen LogP contribution >= 0.6 is 0 Å². The maximum absolute atomic E-state index is 13.3. The lowest BCUT2D eigenvalue weighted by Gasteiger charge is -2.36. The number of carbonyl (C=O) groups excluding carboxylic acids is 2. The normalized spacial score (nSPS) is 15.7. The summed E-state index contributed by atoms with van der Waals surface area (Å²) in [5.41, 5.74) is 0.934. The van der Waals surface area contributed by atoms with E-state index in [1.54, 1.807) is 17.9 Å². The summed E-state index contributed by atoms with van der Waals surface area (Å²) >= 11 is 0. The Morgan fingerprint density at radius 2 is 1.65 bits per heavy atom. The molecule has 5 heteroatoms. The third kappa shape index (κ3) is 4.53. The molecule has 0 N–H and O–H groups in total. The minimum absolute atomic E-state index is 0.0321. The fourth-order valence-electron chi connectivity index (χ4n) is 2.68. The number of carbonyl (C=O) groups is 2. The Balaban J connectivity index is 1.94. The summed E-state index contributed by atoms with van der Waals surface area (Å²) in [6, 6.07) is 4.42. The van der Waals surface area contributed by atoms with Crippen LogP contribution in [0.4, 0.5) is 4.39 Å². The second kappa shape index (κ2) is 6.69. The number of piperazine rings is 1. The first-order valence-electron chi connectivity index (χ1n) is 8.00. The van der Waals surface area contributed by atoms with Crippen molar-refractivity contribution in [3.05, 3.63) is 35.1 Å². The van der Waals surface area contributed by atoms with Crippen LogP contribution in [0.5, 0.6) is 0 Å². The van der Waals surface area contributed by atoms with Crippen LogP contribution in [-0.2, 0) is 4.79 Å². The quantitative estimate of drug-likeness (QED) is 0.841. The van der Waals surface area contributed by atoms with Gasteiger partial charge in [0.2, 0.25) is 5.91 Å². The predicted molar refractivity (Wildman–Crippen MR) is 87.7 cm³/mol. The molecule has 1 aromatic carbocycles. The van der Waals surface area contributed by atoms with Crippen LogP contribution in [0.15, 0.2) is 18.2 Å². The van der Waals surface area contributed by atoms with Gasteiger partial charge in [-0.2, -0.15) is 0 Å². The van der Waals surface area contributed by atoms with Crippen molar-refractivity contribution in [2.75, 3.05) is 26.2 Å². The smallest absolute Gasteiger partial charge is 0.253 e. The number of hydrogen-bond donors (Lipinski definition) is 0. The van der Waals surface area contributed by atoms with E-state index in [-0.39, 0.29) is 23.0 Å². The Kier molecular flexibility index (Phi) is 5.07. The van der Waals surface area contributed by atoms with Gasteiger partial charge < -0.3 is 9.80 Å². The molecule has 126 valence electrons. The third-order valence-electron chi connectivity index (χ3n) is 4.01. The average molecular weight is 320 g/mol. The molecule has 1 saturated heterocycles. The molecule has 0 spiro atoms. The highest BCUT2D eigenvalue weighted by atomic mass is 19.1. The lowest BCUT2D eigenvalue weighted by Crippen LogP contribution is -2.51. The van der Waals surface area contributed by atoms with Crippen LogP contribution in [0.2, 0.25) is 0 Å². The molecule has 4 nitrogen and oxygen atoms in total. The van der Waals surface area contributed by atoms with E-state index in [1.807, 2.05) is 25.7 Å². The van der Waals surface area contributed by atoms with Gasteiger partial charge in [0.15, 0.2) is 0 Å². The van der Waals surface area contributed by atoms with Gasteiger partial charge in [-0.05, 0) is 36.1 Å². The number of benzene rings is 1. The maximum atomic E-state index is 13.3. The zero-order valence-corrected chi connectivity index (χ0v) is 14.4. The summed E-state index contributed by atoms with van der Waals surface area (Å²) in [5.74, 6) is -0.266. The molecule has 23 heavy (non-hydrogen) atoms. The monoisotopic (exact) mass is 320 g/mol. The van der Waals surface area contributed by atoms with Crippen LogP contribution in [0.1, 0.15) is 43.1 Å². The molecule has 1 aromatic rings. The van der Waals surface area contributed by atoms with Crippen LogP contribution in [0.25, 0.3) is 0 Å². The van der Waals surface area contributed by atoms with E-state index in [4.69, 9.17) is 0 Å². The number of nitrogens with zero attached hydrogens (tertiary/aromatic N) is 2. The Morgan fingerprint density at radius 3 is 2.17 bits per heavy atom. The fraction of sp³-hybridized carbons (Fsp3) is 0.556. The van der Waals surface area contributed by atoms with Crippen LogP contribution < -0.4 is 0 Å². The second-order valence-corrected chi connectivity index (χ2v) is 7.37. The van der Waals surface area contributed by atoms with Gasteiger partial charge in [-0.3, -0.25) is 9.59 Å². The molecule has 1 fully saturated rings. The first kappa shape index (κ1) is 17.4. The number of halogens is 1. The van der Waals surface area contributed by atoms with Gasteiger partial charge in [-0.1, -0.05) is 20.8 Å². The van der Waals surface area contributed by atoms with Crippen LogP contribution in [0.3, 0.4) is 0 Å². The van der Waals surface area contributed by atoms with Gasteiger partial charge in [-0.25, -0.2) is 4.39 Å². The molecule has 1 heterocycles. The van der Waals surface area contributed by atoms with Crippen LogP contribution in [0, 0.1) is 18.2 Å². The topological polar surface area (TPSA) is 40.6 Å². The third-order valence-corrected chi connectivity index (χ3v) is 4.01. The van der Waals surface area contributed by atoms with Crippen molar-refractivity contribution in [2.24, 2.45) is 5.41 Å². The lowest BCUT2D eigenvalue weighted by molar-refractivity contribution is -0.134. The SMILES string of the molecule is Cc1cc(C(=O)N2CCN(C(=O)CC(C)(C)C)CC2)ccc1F. The molecule has 0 unspecified atom stereocenters. The highest BCUT2D eigenvalue weighted by molar-refractivity contribution is 5.94. The summed E-state index contributed by atoms with van der Waals surface area (Å²) in [4.78, 5) is 28.2. The summed E-state index contributed by atoms with van der Waals surface area (Å²) in [5, 5.41) is 0. The molecule has 1 aliphatic heterocycles. The summed E-state index contributed by atoms with van der Waals surface area (Å²) < 4.78 is 13.3. The fourth-order valence-corrected chi connectivity index (χ4v) is 2.68. The molecule has 0 saturated carbocycles. The largest absolute Gasteiger partial charge is 0.339 e. The Morgan fingerprint density at radius 1 is 1.09 bits per heavy atom. The Hall–Kier alpha value is -1.91. The Bertz CT molecular complexity index is 600. The molecule has 0 aliphatic carbocycles. The van der Waals surface area contributed by atoms with E-state index in [0.29, 0.717) is 43.7 Å². The zero-order valence-electron chi connectivity index (χ0n) is 14.4. The first-order chi connectivity index (χ1) is 10.7. The van der Waals surface area contributed by atoms with Crippen molar-refractivity contribution >= 4 is 11.8 Å². The van der Waals surface area contributed by atoms with Gasteiger partial charge >= 0.3 is 0 Å². The number of aryl methyl sites for hydroxylation is 1. The molecule has 0 radical (unpaired) electrons. The van der Waals surface area contributed by atoms with E-state index < -0.39 is 0 Å². The van der Waals surface area contributed by atoms with Crippen molar-refractivity contribution in [1.82, 2.24) is 9.80 Å². The van der Waals surface area contributed by atoms with Crippen molar-refractivity contribution in [2.45, 2.75) is 34.1 Å². The molecule has 2 amide bonds. The standard InChI is InChI=1S/C18H25FN2O2/c1-13-11-14(5-6-15(13)19)17(23)21-9-7-20(8-10-21)16(22)12-18(2,3)4/h5-6,11H,7-10,12H2,1-4H3. The average Bonchev–Trinajstić information content (AvgIpc) is 2.48. The van der Waals surface area contributed by atoms with E-state index in [0.717, 1.165) is 0 Å². The molecule has 1 aliphatic rings. The van der Waals surface area contributed by atoms with Gasteiger partial charge in [-0.15, -0.1) is 0 Å². The molecule has 0 aromatic heterocycles. The first-order valence-corrected chi connectivity index (χ1v) is 8.00. The van der Waals surface area contributed by atoms with Gasteiger partial charge in [0.1, 0.15) is 5.82 Å². The molecule has 2 rings (SSSR count). The van der Waals surface area contributed by atoms with Crippen LogP contribution in [-0.4, -0.2) is 47.8 Å².